The number of hydrogen-bond donors (Lipinski definition) is 1. The highest BCUT2D eigenvalue weighted by atomic mass is 16.2. The molecular formula is C11H23N3O. The lowest BCUT2D eigenvalue weighted by atomic mass is 10.1. The average molecular weight is 213 g/mol. The van der Waals surface area contributed by atoms with Gasteiger partial charge in [-0.05, 0) is 13.6 Å². The number of nitrogens with zero attached hydrogens (tertiary/aromatic N) is 2. The van der Waals surface area contributed by atoms with Gasteiger partial charge >= 0.3 is 0 Å². The second kappa shape index (κ2) is 6.08. The highest BCUT2D eigenvalue weighted by Crippen LogP contribution is 2.05. The summed E-state index contributed by atoms with van der Waals surface area (Å²) in [5, 5.41) is 3.22. The maximum Gasteiger partial charge on any atom is 0.226 e. The van der Waals surface area contributed by atoms with Crippen molar-refractivity contribution in [1.82, 2.24) is 15.1 Å². The minimum atomic E-state index is 0.105. The molecule has 0 bridgehead atoms. The topological polar surface area (TPSA) is 35.6 Å². The lowest BCUT2D eigenvalue weighted by Gasteiger charge is -2.34. The van der Waals surface area contributed by atoms with Crippen molar-refractivity contribution in [3.05, 3.63) is 0 Å². The zero-order chi connectivity index (χ0) is 11.3. The molecule has 1 unspecified atom stereocenters. The molecule has 0 aromatic rings. The van der Waals surface area contributed by atoms with Crippen molar-refractivity contribution in [3.8, 4) is 0 Å². The zero-order valence-corrected chi connectivity index (χ0v) is 10.1. The third-order valence-corrected chi connectivity index (χ3v) is 2.94. The summed E-state index contributed by atoms with van der Waals surface area (Å²) in [6.45, 7) is 9.55. The number of carbonyl (C=O) groups excluding carboxylic acids is 1. The molecule has 4 heteroatoms. The van der Waals surface area contributed by atoms with Gasteiger partial charge in [-0.1, -0.05) is 13.8 Å². The van der Waals surface area contributed by atoms with Gasteiger partial charge in [-0.25, -0.2) is 0 Å². The Bertz CT molecular complexity index is 200. The predicted octanol–water partition coefficient (Wildman–Crippen LogP) is 0.00600. The summed E-state index contributed by atoms with van der Waals surface area (Å²) in [6.07, 6.45) is 0. The standard InChI is InChI=1S/C11H23N3O/c1-4-12-9-10(2)11(15)14-7-5-13(3)6-8-14/h10,12H,4-9H2,1-3H3. The van der Waals surface area contributed by atoms with E-state index in [1.807, 2.05) is 11.8 Å². The molecule has 1 rings (SSSR count). The molecule has 0 aromatic heterocycles. The van der Waals surface area contributed by atoms with Gasteiger partial charge < -0.3 is 15.1 Å². The van der Waals surface area contributed by atoms with E-state index in [9.17, 15) is 4.79 Å². The molecule has 88 valence electrons. The molecule has 4 nitrogen and oxygen atoms in total. The van der Waals surface area contributed by atoms with Crippen molar-refractivity contribution in [2.24, 2.45) is 5.92 Å². The van der Waals surface area contributed by atoms with Crippen LogP contribution in [0.5, 0.6) is 0 Å². The molecule has 1 aliphatic heterocycles. The number of carbonyl (C=O) groups is 1. The Morgan fingerprint density at radius 1 is 1.33 bits per heavy atom. The van der Waals surface area contributed by atoms with Crippen LogP contribution in [0.1, 0.15) is 13.8 Å². The monoisotopic (exact) mass is 213 g/mol. The fourth-order valence-corrected chi connectivity index (χ4v) is 1.79. The molecule has 0 aliphatic carbocycles. The van der Waals surface area contributed by atoms with Crippen molar-refractivity contribution in [2.75, 3.05) is 46.3 Å². The fraction of sp³-hybridized carbons (Fsp3) is 0.909. The van der Waals surface area contributed by atoms with Crippen molar-refractivity contribution < 1.29 is 4.79 Å². The van der Waals surface area contributed by atoms with Gasteiger partial charge in [0.25, 0.3) is 0 Å². The molecule has 0 spiro atoms. The molecular weight excluding hydrogens is 190 g/mol. The summed E-state index contributed by atoms with van der Waals surface area (Å²) in [5.41, 5.74) is 0. The minimum Gasteiger partial charge on any atom is -0.340 e. The van der Waals surface area contributed by atoms with Crippen LogP contribution >= 0.6 is 0 Å². The summed E-state index contributed by atoms with van der Waals surface area (Å²) >= 11 is 0. The zero-order valence-electron chi connectivity index (χ0n) is 10.1. The van der Waals surface area contributed by atoms with E-state index >= 15 is 0 Å². The third-order valence-electron chi connectivity index (χ3n) is 2.94. The van der Waals surface area contributed by atoms with Crippen LogP contribution in [0.2, 0.25) is 0 Å². The van der Waals surface area contributed by atoms with E-state index in [4.69, 9.17) is 0 Å². The van der Waals surface area contributed by atoms with Crippen LogP contribution in [0.3, 0.4) is 0 Å². The molecule has 1 amide bonds. The van der Waals surface area contributed by atoms with Gasteiger partial charge in [0.2, 0.25) is 5.91 Å². The number of likely N-dealkylation sites (N-methyl/N-ethyl adjacent to an activating group) is 1. The molecule has 1 N–H and O–H groups in total. The van der Waals surface area contributed by atoms with Crippen LogP contribution in [-0.2, 0) is 4.79 Å². The van der Waals surface area contributed by atoms with Gasteiger partial charge in [0.15, 0.2) is 0 Å². The van der Waals surface area contributed by atoms with Crippen LogP contribution in [-0.4, -0.2) is 62.0 Å². The van der Waals surface area contributed by atoms with E-state index in [2.05, 4.69) is 24.2 Å². The first-order valence-corrected chi connectivity index (χ1v) is 5.83. The molecule has 0 saturated carbocycles. The molecule has 1 saturated heterocycles. The molecule has 0 aromatic carbocycles. The van der Waals surface area contributed by atoms with Crippen LogP contribution < -0.4 is 5.32 Å². The smallest absolute Gasteiger partial charge is 0.226 e. The number of nitrogens with one attached hydrogen (secondary N) is 1. The van der Waals surface area contributed by atoms with E-state index in [0.29, 0.717) is 5.91 Å². The average Bonchev–Trinajstić information content (AvgIpc) is 2.26. The van der Waals surface area contributed by atoms with Crippen molar-refractivity contribution in [1.29, 1.82) is 0 Å². The van der Waals surface area contributed by atoms with Crippen LogP contribution in [0.4, 0.5) is 0 Å². The third kappa shape index (κ3) is 3.80. The molecule has 15 heavy (non-hydrogen) atoms. The molecule has 1 atom stereocenters. The molecule has 0 radical (unpaired) electrons. The van der Waals surface area contributed by atoms with E-state index in [1.165, 1.54) is 0 Å². The Labute approximate surface area is 92.6 Å². The van der Waals surface area contributed by atoms with Crippen LogP contribution in [0.15, 0.2) is 0 Å². The molecule has 1 heterocycles. The first-order chi connectivity index (χ1) is 7.15. The first kappa shape index (κ1) is 12.5. The Kier molecular flexibility index (Phi) is 5.05. The lowest BCUT2D eigenvalue weighted by Crippen LogP contribution is -2.49. The predicted molar refractivity (Wildman–Crippen MR) is 61.8 cm³/mol. The summed E-state index contributed by atoms with van der Waals surface area (Å²) in [7, 11) is 2.10. The number of rotatable bonds is 4. The van der Waals surface area contributed by atoms with Crippen LogP contribution in [0.25, 0.3) is 0 Å². The van der Waals surface area contributed by atoms with Gasteiger partial charge in [0.05, 0.1) is 0 Å². The van der Waals surface area contributed by atoms with Gasteiger partial charge in [0, 0.05) is 38.6 Å². The summed E-state index contributed by atoms with van der Waals surface area (Å²) in [6, 6.07) is 0. The van der Waals surface area contributed by atoms with Gasteiger partial charge in [-0.3, -0.25) is 4.79 Å². The maximum atomic E-state index is 12.0. The van der Waals surface area contributed by atoms with Gasteiger partial charge in [-0.15, -0.1) is 0 Å². The normalized spacial score (nSPS) is 20.3. The summed E-state index contributed by atoms with van der Waals surface area (Å²) in [4.78, 5) is 16.2. The van der Waals surface area contributed by atoms with Crippen molar-refractivity contribution in [3.63, 3.8) is 0 Å². The van der Waals surface area contributed by atoms with Crippen molar-refractivity contribution in [2.45, 2.75) is 13.8 Å². The Morgan fingerprint density at radius 2 is 1.93 bits per heavy atom. The van der Waals surface area contributed by atoms with E-state index in [1.54, 1.807) is 0 Å². The Balaban J connectivity index is 2.32. The number of amides is 1. The quantitative estimate of drug-likeness (QED) is 0.714. The Hall–Kier alpha value is -0.610. The highest BCUT2D eigenvalue weighted by molar-refractivity contribution is 5.78. The number of hydrogen-bond acceptors (Lipinski definition) is 3. The number of piperazine rings is 1. The SMILES string of the molecule is CCNCC(C)C(=O)N1CCN(C)CC1. The fourth-order valence-electron chi connectivity index (χ4n) is 1.79. The summed E-state index contributed by atoms with van der Waals surface area (Å²) < 4.78 is 0. The van der Waals surface area contributed by atoms with Gasteiger partial charge in [-0.2, -0.15) is 0 Å². The Morgan fingerprint density at radius 3 is 2.47 bits per heavy atom. The first-order valence-electron chi connectivity index (χ1n) is 5.83. The second-order valence-electron chi connectivity index (χ2n) is 4.34. The largest absolute Gasteiger partial charge is 0.340 e. The lowest BCUT2D eigenvalue weighted by molar-refractivity contribution is -0.136. The maximum absolute atomic E-state index is 12.0. The van der Waals surface area contributed by atoms with Crippen molar-refractivity contribution >= 4 is 5.91 Å². The van der Waals surface area contributed by atoms with E-state index < -0.39 is 0 Å². The molecule has 1 fully saturated rings. The molecule has 1 aliphatic rings. The van der Waals surface area contributed by atoms with E-state index in [-0.39, 0.29) is 5.92 Å². The minimum absolute atomic E-state index is 0.105. The van der Waals surface area contributed by atoms with E-state index in [0.717, 1.165) is 39.3 Å². The van der Waals surface area contributed by atoms with Crippen LogP contribution in [0, 0.1) is 5.92 Å². The van der Waals surface area contributed by atoms with Gasteiger partial charge in [0.1, 0.15) is 0 Å². The summed E-state index contributed by atoms with van der Waals surface area (Å²) in [5.74, 6) is 0.400. The second-order valence-corrected chi connectivity index (χ2v) is 4.34. The highest BCUT2D eigenvalue weighted by Gasteiger charge is 2.22.